The molecule has 2 rings (SSSR count). The summed E-state index contributed by atoms with van der Waals surface area (Å²) >= 11 is 6.13. The van der Waals surface area contributed by atoms with Crippen LogP contribution in [0.4, 0.5) is 5.69 Å². The van der Waals surface area contributed by atoms with Gasteiger partial charge in [0.25, 0.3) is 0 Å². The minimum absolute atomic E-state index is 0.457. The Kier molecular flexibility index (Phi) is 3.91. The number of rotatable bonds is 3. The van der Waals surface area contributed by atoms with Gasteiger partial charge >= 0.3 is 0 Å². The Morgan fingerprint density at radius 1 is 1.50 bits per heavy atom. The molecule has 1 aromatic carbocycles. The van der Waals surface area contributed by atoms with E-state index in [-0.39, 0.29) is 0 Å². The van der Waals surface area contributed by atoms with Gasteiger partial charge in [-0.15, -0.1) is 0 Å². The fourth-order valence-corrected chi connectivity index (χ4v) is 2.11. The molecule has 3 nitrogen and oxygen atoms in total. The van der Waals surface area contributed by atoms with Crippen molar-refractivity contribution in [3.8, 4) is 5.75 Å². The number of hydrogen-bond donors (Lipinski definition) is 2. The van der Waals surface area contributed by atoms with E-state index >= 15 is 0 Å². The second-order valence-corrected chi connectivity index (χ2v) is 4.44. The molecule has 0 saturated carbocycles. The molecule has 1 unspecified atom stereocenters. The first kappa shape index (κ1) is 11.6. The van der Waals surface area contributed by atoms with Crippen molar-refractivity contribution in [1.29, 1.82) is 0 Å². The highest BCUT2D eigenvalue weighted by Gasteiger charge is 2.13. The number of halogens is 1. The Morgan fingerprint density at radius 3 is 3.06 bits per heavy atom. The molecule has 0 spiro atoms. The summed E-state index contributed by atoms with van der Waals surface area (Å²) in [5.74, 6) is 0.829. The molecule has 1 aromatic rings. The van der Waals surface area contributed by atoms with Gasteiger partial charge in [-0.1, -0.05) is 11.6 Å². The quantitative estimate of drug-likeness (QED) is 0.852. The average Bonchev–Trinajstić information content (AvgIpc) is 2.33. The van der Waals surface area contributed by atoms with Gasteiger partial charge in [-0.05, 0) is 31.5 Å². The van der Waals surface area contributed by atoms with Crippen molar-refractivity contribution >= 4 is 17.3 Å². The highest BCUT2D eigenvalue weighted by atomic mass is 35.5. The number of piperidine rings is 1. The lowest BCUT2D eigenvalue weighted by molar-refractivity contribution is 0.415. The summed E-state index contributed by atoms with van der Waals surface area (Å²) < 4.78 is 5.18. The largest absolute Gasteiger partial charge is 0.497 e. The van der Waals surface area contributed by atoms with Crippen LogP contribution in [0.15, 0.2) is 18.2 Å². The zero-order chi connectivity index (χ0) is 11.4. The van der Waals surface area contributed by atoms with Crippen LogP contribution in [0.2, 0.25) is 5.02 Å². The topological polar surface area (TPSA) is 33.3 Å². The monoisotopic (exact) mass is 240 g/mol. The Hall–Kier alpha value is -0.930. The Morgan fingerprint density at radius 2 is 2.38 bits per heavy atom. The van der Waals surface area contributed by atoms with Crippen molar-refractivity contribution in [1.82, 2.24) is 5.32 Å². The second kappa shape index (κ2) is 5.41. The summed E-state index contributed by atoms with van der Waals surface area (Å²) in [6.07, 6.45) is 2.39. The van der Waals surface area contributed by atoms with Crippen LogP contribution < -0.4 is 15.4 Å². The van der Waals surface area contributed by atoms with Gasteiger partial charge in [-0.25, -0.2) is 0 Å². The van der Waals surface area contributed by atoms with Crippen molar-refractivity contribution in [3.63, 3.8) is 0 Å². The van der Waals surface area contributed by atoms with Gasteiger partial charge in [-0.3, -0.25) is 0 Å². The first-order chi connectivity index (χ1) is 7.79. The molecule has 1 atom stereocenters. The summed E-state index contributed by atoms with van der Waals surface area (Å²) in [5.41, 5.74) is 0.953. The van der Waals surface area contributed by atoms with Crippen LogP contribution in [0.1, 0.15) is 12.8 Å². The summed E-state index contributed by atoms with van der Waals surface area (Å²) in [5, 5.41) is 7.56. The lowest BCUT2D eigenvalue weighted by Crippen LogP contribution is -2.38. The number of ether oxygens (including phenoxy) is 1. The first-order valence-corrected chi connectivity index (χ1v) is 5.98. The minimum atomic E-state index is 0.457. The van der Waals surface area contributed by atoms with Crippen molar-refractivity contribution in [2.45, 2.75) is 18.9 Å². The molecule has 16 heavy (non-hydrogen) atoms. The van der Waals surface area contributed by atoms with Crippen molar-refractivity contribution in [2.75, 3.05) is 25.5 Å². The molecule has 0 aliphatic carbocycles. The molecule has 1 aliphatic heterocycles. The molecule has 0 bridgehead atoms. The van der Waals surface area contributed by atoms with Gasteiger partial charge in [0.05, 0.1) is 17.8 Å². The molecule has 4 heteroatoms. The molecule has 0 aromatic heterocycles. The normalized spacial score (nSPS) is 20.5. The Labute approximate surface area is 101 Å². The number of methoxy groups -OCH3 is 1. The van der Waals surface area contributed by atoms with Gasteiger partial charge in [0.1, 0.15) is 5.75 Å². The van der Waals surface area contributed by atoms with Gasteiger partial charge in [0.15, 0.2) is 0 Å². The highest BCUT2D eigenvalue weighted by Crippen LogP contribution is 2.27. The van der Waals surface area contributed by atoms with Crippen molar-refractivity contribution in [2.24, 2.45) is 0 Å². The van der Waals surface area contributed by atoms with Gasteiger partial charge in [0, 0.05) is 18.7 Å². The molecule has 2 N–H and O–H groups in total. The van der Waals surface area contributed by atoms with E-state index in [1.54, 1.807) is 7.11 Å². The summed E-state index contributed by atoms with van der Waals surface area (Å²) in [6.45, 7) is 2.11. The van der Waals surface area contributed by atoms with Crippen molar-refractivity contribution < 1.29 is 4.74 Å². The maximum Gasteiger partial charge on any atom is 0.121 e. The van der Waals surface area contributed by atoms with Crippen molar-refractivity contribution in [3.05, 3.63) is 23.2 Å². The SMILES string of the molecule is COc1ccc(Cl)c(NC2CCCNC2)c1. The number of anilines is 1. The molecule has 0 radical (unpaired) electrons. The van der Waals surface area contributed by atoms with E-state index in [1.165, 1.54) is 12.8 Å². The zero-order valence-electron chi connectivity index (χ0n) is 9.42. The van der Waals surface area contributed by atoms with Crippen LogP contribution in [0.25, 0.3) is 0 Å². The molecule has 1 aliphatic rings. The van der Waals surface area contributed by atoms with Gasteiger partial charge in [-0.2, -0.15) is 0 Å². The molecule has 0 amide bonds. The third-order valence-corrected chi connectivity index (χ3v) is 3.16. The van der Waals surface area contributed by atoms with Gasteiger partial charge < -0.3 is 15.4 Å². The van der Waals surface area contributed by atoms with E-state index in [9.17, 15) is 0 Å². The van der Waals surface area contributed by atoms with E-state index in [2.05, 4.69) is 10.6 Å². The van der Waals surface area contributed by atoms with Gasteiger partial charge in [0.2, 0.25) is 0 Å². The smallest absolute Gasteiger partial charge is 0.121 e. The van der Waals surface area contributed by atoms with E-state index in [0.29, 0.717) is 6.04 Å². The van der Waals surface area contributed by atoms with E-state index in [4.69, 9.17) is 16.3 Å². The lowest BCUT2D eigenvalue weighted by atomic mass is 10.1. The summed E-state index contributed by atoms with van der Waals surface area (Å²) in [6, 6.07) is 6.13. The molecule has 1 fully saturated rings. The molecule has 1 saturated heterocycles. The predicted octanol–water partition coefficient (Wildman–Crippen LogP) is 2.51. The standard InChI is InChI=1S/C12H17ClN2O/c1-16-10-4-5-11(13)12(7-10)15-9-3-2-6-14-8-9/h4-5,7,9,14-15H,2-3,6,8H2,1H3. The van der Waals surface area contributed by atoms with E-state index in [1.807, 2.05) is 18.2 Å². The van der Waals surface area contributed by atoms with Crippen LogP contribution in [0.5, 0.6) is 5.75 Å². The maximum absolute atomic E-state index is 6.13. The van der Waals surface area contributed by atoms with Crippen LogP contribution >= 0.6 is 11.6 Å². The maximum atomic E-state index is 6.13. The Bertz CT molecular complexity index is 351. The molecular formula is C12H17ClN2O. The zero-order valence-corrected chi connectivity index (χ0v) is 10.2. The number of nitrogens with one attached hydrogen (secondary N) is 2. The molecular weight excluding hydrogens is 224 g/mol. The lowest BCUT2D eigenvalue weighted by Gasteiger charge is -2.25. The fraction of sp³-hybridized carbons (Fsp3) is 0.500. The summed E-state index contributed by atoms with van der Waals surface area (Å²) in [7, 11) is 1.66. The van der Waals surface area contributed by atoms with Crippen LogP contribution in [-0.4, -0.2) is 26.2 Å². The van der Waals surface area contributed by atoms with Crippen LogP contribution in [0.3, 0.4) is 0 Å². The average molecular weight is 241 g/mol. The third kappa shape index (κ3) is 2.80. The number of hydrogen-bond acceptors (Lipinski definition) is 3. The summed E-state index contributed by atoms with van der Waals surface area (Å²) in [4.78, 5) is 0. The van der Waals surface area contributed by atoms with Crippen LogP contribution in [0, 0.1) is 0 Å². The minimum Gasteiger partial charge on any atom is -0.497 e. The first-order valence-electron chi connectivity index (χ1n) is 5.60. The van der Waals surface area contributed by atoms with E-state index in [0.717, 1.165) is 29.5 Å². The van der Waals surface area contributed by atoms with E-state index < -0.39 is 0 Å². The fourth-order valence-electron chi connectivity index (χ4n) is 1.94. The third-order valence-electron chi connectivity index (χ3n) is 2.83. The second-order valence-electron chi connectivity index (χ2n) is 4.03. The highest BCUT2D eigenvalue weighted by molar-refractivity contribution is 6.33. The Balaban J connectivity index is 2.06. The number of benzene rings is 1. The molecule has 1 heterocycles. The predicted molar refractivity (Wildman–Crippen MR) is 67.5 cm³/mol. The molecule has 88 valence electrons. The van der Waals surface area contributed by atoms with Crippen LogP contribution in [-0.2, 0) is 0 Å².